The van der Waals surface area contributed by atoms with Crippen LogP contribution in [0.5, 0.6) is 0 Å². The summed E-state index contributed by atoms with van der Waals surface area (Å²) in [6, 6.07) is 4.07. The fraction of sp³-hybridized carbons (Fsp3) is 0. The quantitative estimate of drug-likeness (QED) is 0.589. The Bertz CT molecular complexity index is 299. The zero-order chi connectivity index (χ0) is 9.14. The minimum absolute atomic E-state index is 0.0285. The van der Waals surface area contributed by atoms with Crippen molar-refractivity contribution < 1.29 is 8.78 Å². The lowest BCUT2D eigenvalue weighted by molar-refractivity contribution is 0.623. The molecule has 0 aromatic heterocycles. The lowest BCUT2D eigenvalue weighted by atomic mass is 10.1. The van der Waals surface area contributed by atoms with Crippen molar-refractivity contribution in [3.8, 4) is 0 Å². The Morgan fingerprint density at radius 1 is 1.50 bits per heavy atom. The first-order chi connectivity index (χ1) is 5.61. The van der Waals surface area contributed by atoms with Gasteiger partial charge in [-0.25, -0.2) is 8.78 Å². The Morgan fingerprint density at radius 2 is 2.17 bits per heavy atom. The first-order valence-electron chi connectivity index (χ1n) is 3.18. The molecule has 0 N–H and O–H groups in total. The molecule has 4 heteroatoms. The monoisotopic (exact) mass is 184 g/mol. The molecule has 0 aliphatic rings. The van der Waals surface area contributed by atoms with Gasteiger partial charge >= 0.3 is 0 Å². The number of hydrogen-bond acceptors (Lipinski definition) is 0. The minimum atomic E-state index is -0.970. The van der Waals surface area contributed by atoms with Gasteiger partial charge in [0.25, 0.3) is 0 Å². The first kappa shape index (κ1) is 9.26. The van der Waals surface area contributed by atoms with Crippen molar-refractivity contribution in [2.75, 3.05) is 0 Å². The molecule has 0 amide bonds. The van der Waals surface area contributed by atoms with Crippen LogP contribution < -0.4 is 0 Å². The van der Waals surface area contributed by atoms with Gasteiger partial charge in [0, 0.05) is 11.3 Å². The molecule has 0 fully saturated rings. The molecule has 0 atom stereocenters. The summed E-state index contributed by atoms with van der Waals surface area (Å²) in [5.74, 6) is -0.594. The average molecular weight is 184 g/mol. The van der Waals surface area contributed by atoms with Crippen LogP contribution in [0.3, 0.4) is 0 Å². The highest BCUT2D eigenvalue weighted by atomic mass is 35.5. The maximum atomic E-state index is 12.9. The van der Waals surface area contributed by atoms with Gasteiger partial charge in [0.2, 0.25) is 0 Å². The molecular formula is C8H4BClF2. The van der Waals surface area contributed by atoms with Gasteiger partial charge in [0.15, 0.2) is 7.85 Å². The highest BCUT2D eigenvalue weighted by Crippen LogP contribution is 2.21. The molecule has 1 aromatic carbocycles. The zero-order valence-electron chi connectivity index (χ0n) is 6.02. The molecule has 1 aromatic rings. The van der Waals surface area contributed by atoms with Crippen LogP contribution in [0.2, 0.25) is 5.02 Å². The molecule has 0 unspecified atom stereocenters. The summed E-state index contributed by atoms with van der Waals surface area (Å²) < 4.78 is 25.0. The zero-order valence-corrected chi connectivity index (χ0v) is 6.78. The minimum Gasteiger partial charge on any atom is -0.225 e. The second-order valence-corrected chi connectivity index (χ2v) is 2.57. The average Bonchev–Trinajstić information content (AvgIpc) is 1.97. The standard InChI is InChI=1S/C8H4BClF2/c9-8(12)4-5-6(10)2-1-3-7(5)11/h1-4H/b8-4-. The summed E-state index contributed by atoms with van der Waals surface area (Å²) in [6.45, 7) is 0. The largest absolute Gasteiger partial charge is 0.225 e. The van der Waals surface area contributed by atoms with E-state index in [2.05, 4.69) is 0 Å². The normalized spacial score (nSPS) is 11.8. The molecule has 0 saturated carbocycles. The van der Waals surface area contributed by atoms with E-state index in [9.17, 15) is 8.78 Å². The molecule has 12 heavy (non-hydrogen) atoms. The van der Waals surface area contributed by atoms with E-state index in [-0.39, 0.29) is 10.6 Å². The number of benzene rings is 1. The fourth-order valence-electron chi connectivity index (χ4n) is 0.786. The third kappa shape index (κ3) is 2.08. The van der Waals surface area contributed by atoms with Gasteiger partial charge in [0.1, 0.15) is 5.82 Å². The number of halogens is 3. The molecule has 0 aliphatic heterocycles. The van der Waals surface area contributed by atoms with E-state index in [0.29, 0.717) is 0 Å². The molecule has 0 saturated heterocycles. The van der Waals surface area contributed by atoms with Crippen LogP contribution >= 0.6 is 11.6 Å². The maximum absolute atomic E-state index is 12.9. The molecule has 0 aliphatic carbocycles. The van der Waals surface area contributed by atoms with Crippen molar-refractivity contribution in [3.63, 3.8) is 0 Å². The van der Waals surface area contributed by atoms with Gasteiger partial charge in [-0.3, -0.25) is 0 Å². The predicted octanol–water partition coefficient (Wildman–Crippen LogP) is 2.92. The van der Waals surface area contributed by atoms with E-state index in [1.54, 1.807) is 0 Å². The van der Waals surface area contributed by atoms with Crippen LogP contribution in [0.1, 0.15) is 5.56 Å². The van der Waals surface area contributed by atoms with Crippen LogP contribution in [-0.2, 0) is 0 Å². The fourth-order valence-corrected chi connectivity index (χ4v) is 1.00. The Hall–Kier alpha value is -0.825. The summed E-state index contributed by atoms with van der Waals surface area (Å²) in [6.07, 6.45) is 0.845. The highest BCUT2D eigenvalue weighted by molar-refractivity contribution is 6.32. The Kier molecular flexibility index (Phi) is 2.87. The topological polar surface area (TPSA) is 0 Å². The van der Waals surface area contributed by atoms with Crippen molar-refractivity contribution in [1.29, 1.82) is 0 Å². The van der Waals surface area contributed by atoms with Crippen LogP contribution in [0.15, 0.2) is 23.9 Å². The Balaban J connectivity index is 3.22. The van der Waals surface area contributed by atoms with E-state index in [0.717, 1.165) is 6.08 Å². The molecule has 0 spiro atoms. The van der Waals surface area contributed by atoms with Gasteiger partial charge in [-0.15, -0.1) is 0 Å². The first-order valence-corrected chi connectivity index (χ1v) is 3.55. The van der Waals surface area contributed by atoms with Gasteiger partial charge in [-0.1, -0.05) is 17.7 Å². The van der Waals surface area contributed by atoms with E-state index in [1.807, 2.05) is 0 Å². The van der Waals surface area contributed by atoms with Crippen LogP contribution in [-0.4, -0.2) is 7.85 Å². The third-order valence-corrected chi connectivity index (χ3v) is 1.61. The van der Waals surface area contributed by atoms with E-state index >= 15 is 0 Å². The lowest BCUT2D eigenvalue weighted by Crippen LogP contribution is -1.83. The molecular weight excluding hydrogens is 180 g/mol. The second kappa shape index (κ2) is 3.72. The van der Waals surface area contributed by atoms with Gasteiger partial charge in [-0.05, 0) is 18.2 Å². The Morgan fingerprint density at radius 3 is 2.67 bits per heavy atom. The van der Waals surface area contributed by atoms with E-state index in [4.69, 9.17) is 19.4 Å². The second-order valence-electron chi connectivity index (χ2n) is 2.16. The number of rotatable bonds is 1. The van der Waals surface area contributed by atoms with E-state index < -0.39 is 11.5 Å². The van der Waals surface area contributed by atoms with Gasteiger partial charge < -0.3 is 0 Å². The van der Waals surface area contributed by atoms with Crippen molar-refractivity contribution in [2.45, 2.75) is 0 Å². The highest BCUT2D eigenvalue weighted by Gasteiger charge is 2.03. The summed E-state index contributed by atoms with van der Waals surface area (Å²) in [5.41, 5.74) is -0.999. The predicted molar refractivity (Wildman–Crippen MR) is 46.2 cm³/mol. The summed E-state index contributed by atoms with van der Waals surface area (Å²) >= 11 is 5.57. The van der Waals surface area contributed by atoms with Crippen molar-refractivity contribution in [1.82, 2.24) is 0 Å². The maximum Gasteiger partial charge on any atom is 0.156 e. The summed E-state index contributed by atoms with van der Waals surface area (Å²) in [5, 5.41) is 0.135. The number of hydrogen-bond donors (Lipinski definition) is 0. The summed E-state index contributed by atoms with van der Waals surface area (Å²) in [7, 11) is 4.73. The van der Waals surface area contributed by atoms with Crippen molar-refractivity contribution >= 4 is 25.5 Å². The SMILES string of the molecule is [B]/C(F)=C/c1c(F)cccc1Cl. The van der Waals surface area contributed by atoms with E-state index in [1.165, 1.54) is 18.2 Å². The van der Waals surface area contributed by atoms with Crippen LogP contribution in [0.25, 0.3) is 6.08 Å². The van der Waals surface area contributed by atoms with Crippen molar-refractivity contribution in [2.24, 2.45) is 0 Å². The Labute approximate surface area is 75.3 Å². The van der Waals surface area contributed by atoms with Crippen LogP contribution in [0.4, 0.5) is 8.78 Å². The molecule has 60 valence electrons. The third-order valence-electron chi connectivity index (χ3n) is 1.28. The summed E-state index contributed by atoms with van der Waals surface area (Å²) in [4.78, 5) is 0. The van der Waals surface area contributed by atoms with Crippen LogP contribution in [0, 0.1) is 5.82 Å². The molecule has 0 nitrogen and oxygen atoms in total. The molecule has 0 heterocycles. The smallest absolute Gasteiger partial charge is 0.156 e. The lowest BCUT2D eigenvalue weighted by Gasteiger charge is -1.98. The van der Waals surface area contributed by atoms with Gasteiger partial charge in [0.05, 0.1) is 5.02 Å². The molecule has 2 radical (unpaired) electrons. The molecule has 0 bridgehead atoms. The van der Waals surface area contributed by atoms with Crippen molar-refractivity contribution in [3.05, 3.63) is 40.3 Å². The molecule has 1 rings (SSSR count). The van der Waals surface area contributed by atoms with Gasteiger partial charge in [-0.2, -0.15) is 0 Å².